The predicted octanol–water partition coefficient (Wildman–Crippen LogP) is 5.56. The molecule has 1 aromatic carbocycles. The normalized spacial score (nSPS) is 18.8. The molecule has 0 bridgehead atoms. The maximum Gasteiger partial charge on any atom is 0.407 e. The number of hydrogen-bond donors (Lipinski definition) is 1. The zero-order chi connectivity index (χ0) is 22.8. The number of amides is 1. The summed E-state index contributed by atoms with van der Waals surface area (Å²) in [7, 11) is -0.163. The monoisotopic (exact) mass is 461 g/mol. The fourth-order valence-corrected chi connectivity index (χ4v) is 5.74. The minimum atomic E-state index is -1.82. The van der Waals surface area contributed by atoms with Gasteiger partial charge in [-0.1, -0.05) is 39.0 Å². The number of nitrogens with zero attached hydrogens (tertiary/aromatic N) is 3. The SMILES string of the molecule is CN(C(=O)O)[C@H](CN1CC[C@H](O[Si](C)(C)C(C)(C)C)C1)c1cccc(-c2nccs2)c1. The smallest absolute Gasteiger partial charge is 0.407 e. The van der Waals surface area contributed by atoms with Crippen molar-refractivity contribution in [2.24, 2.45) is 0 Å². The Morgan fingerprint density at radius 3 is 2.77 bits per heavy atom. The topological polar surface area (TPSA) is 65.9 Å². The maximum atomic E-state index is 11.8. The third-order valence-corrected chi connectivity index (χ3v) is 12.0. The molecule has 1 saturated heterocycles. The maximum absolute atomic E-state index is 11.8. The summed E-state index contributed by atoms with van der Waals surface area (Å²) in [4.78, 5) is 20.0. The van der Waals surface area contributed by atoms with Crippen molar-refractivity contribution in [3.05, 3.63) is 41.4 Å². The number of carbonyl (C=O) groups is 1. The number of rotatable bonds is 7. The van der Waals surface area contributed by atoms with E-state index >= 15 is 0 Å². The fraction of sp³-hybridized carbons (Fsp3) is 0.565. The average molecular weight is 462 g/mol. The highest BCUT2D eigenvalue weighted by Gasteiger charge is 2.40. The molecule has 1 amide bonds. The van der Waals surface area contributed by atoms with E-state index in [-0.39, 0.29) is 17.2 Å². The molecular weight excluding hydrogens is 426 g/mol. The van der Waals surface area contributed by atoms with Gasteiger partial charge in [0, 0.05) is 43.8 Å². The molecule has 0 spiro atoms. The lowest BCUT2D eigenvalue weighted by atomic mass is 10.0. The molecule has 1 aliphatic heterocycles. The van der Waals surface area contributed by atoms with Crippen LogP contribution in [0.2, 0.25) is 18.1 Å². The quantitative estimate of drug-likeness (QED) is 0.547. The van der Waals surface area contributed by atoms with E-state index in [1.807, 2.05) is 23.6 Å². The Morgan fingerprint density at radius 1 is 1.42 bits per heavy atom. The van der Waals surface area contributed by atoms with Crippen LogP contribution in [0.3, 0.4) is 0 Å². The Balaban J connectivity index is 1.75. The van der Waals surface area contributed by atoms with Gasteiger partial charge in [-0.15, -0.1) is 11.3 Å². The summed E-state index contributed by atoms with van der Waals surface area (Å²) in [6.07, 6.45) is 2.09. The van der Waals surface area contributed by atoms with Gasteiger partial charge >= 0.3 is 6.09 Å². The van der Waals surface area contributed by atoms with Crippen LogP contribution >= 0.6 is 11.3 Å². The van der Waals surface area contributed by atoms with Crippen LogP contribution in [0.4, 0.5) is 4.79 Å². The van der Waals surface area contributed by atoms with Crippen molar-refractivity contribution >= 4 is 25.7 Å². The molecule has 3 rings (SSSR count). The highest BCUT2D eigenvalue weighted by molar-refractivity contribution is 7.13. The molecule has 0 radical (unpaired) electrons. The molecule has 1 N–H and O–H groups in total. The van der Waals surface area contributed by atoms with Gasteiger partial charge in [-0.2, -0.15) is 0 Å². The molecule has 1 aliphatic rings. The number of hydrogen-bond acceptors (Lipinski definition) is 5. The molecule has 0 aliphatic carbocycles. The van der Waals surface area contributed by atoms with Crippen molar-refractivity contribution in [1.29, 1.82) is 0 Å². The molecule has 2 heterocycles. The number of likely N-dealkylation sites (tertiary alicyclic amines) is 1. The molecular formula is C23H35N3O3SSi. The van der Waals surface area contributed by atoms with E-state index in [1.165, 1.54) is 4.90 Å². The van der Waals surface area contributed by atoms with E-state index < -0.39 is 14.4 Å². The van der Waals surface area contributed by atoms with Gasteiger partial charge in [-0.05, 0) is 36.2 Å². The second-order valence-electron chi connectivity index (χ2n) is 9.92. The number of thiazole rings is 1. The third-order valence-electron chi connectivity index (χ3n) is 6.65. The number of benzene rings is 1. The van der Waals surface area contributed by atoms with Crippen LogP contribution in [0.1, 0.15) is 38.8 Å². The Morgan fingerprint density at radius 2 is 2.16 bits per heavy atom. The lowest BCUT2D eigenvalue weighted by Crippen LogP contribution is -2.45. The van der Waals surface area contributed by atoms with E-state index in [4.69, 9.17) is 4.43 Å². The standard InChI is InChI=1S/C23H35N3O3SSi/c1-23(2,3)31(5,6)29-19-10-12-26(15-19)16-20(25(4)22(27)28)17-8-7-9-18(14-17)21-24-11-13-30-21/h7-9,11,13-14,19-20H,10,12,15-16H2,1-6H3,(H,27,28)/t19-,20+/m0/s1. The van der Waals surface area contributed by atoms with Crippen molar-refractivity contribution < 1.29 is 14.3 Å². The summed E-state index contributed by atoms with van der Waals surface area (Å²) in [6.45, 7) is 13.8. The first-order valence-corrected chi connectivity index (χ1v) is 14.6. The van der Waals surface area contributed by atoms with E-state index in [2.05, 4.69) is 49.8 Å². The van der Waals surface area contributed by atoms with Crippen LogP contribution in [0.25, 0.3) is 10.6 Å². The minimum Gasteiger partial charge on any atom is -0.465 e. The van der Waals surface area contributed by atoms with Crippen molar-refractivity contribution in [2.45, 2.75) is 57.5 Å². The molecule has 1 fully saturated rings. The summed E-state index contributed by atoms with van der Waals surface area (Å²) < 4.78 is 6.62. The summed E-state index contributed by atoms with van der Waals surface area (Å²) >= 11 is 1.59. The van der Waals surface area contributed by atoms with Gasteiger partial charge in [0.25, 0.3) is 0 Å². The molecule has 170 valence electrons. The van der Waals surface area contributed by atoms with Crippen molar-refractivity contribution in [1.82, 2.24) is 14.8 Å². The molecule has 2 atom stereocenters. The van der Waals surface area contributed by atoms with Gasteiger partial charge in [0.15, 0.2) is 8.32 Å². The zero-order valence-corrected chi connectivity index (χ0v) is 21.3. The molecule has 8 heteroatoms. The van der Waals surface area contributed by atoms with Crippen molar-refractivity contribution in [3.8, 4) is 10.6 Å². The van der Waals surface area contributed by atoms with E-state index in [9.17, 15) is 9.90 Å². The van der Waals surface area contributed by atoms with Crippen LogP contribution in [0, 0.1) is 0 Å². The summed E-state index contributed by atoms with van der Waals surface area (Å²) in [5.41, 5.74) is 2.02. The van der Waals surface area contributed by atoms with Crippen LogP contribution in [0.5, 0.6) is 0 Å². The lowest BCUT2D eigenvalue weighted by molar-refractivity contribution is 0.121. The van der Waals surface area contributed by atoms with E-state index in [1.54, 1.807) is 24.6 Å². The minimum absolute atomic E-state index is 0.183. The van der Waals surface area contributed by atoms with Gasteiger partial charge in [0.05, 0.1) is 12.1 Å². The molecule has 0 saturated carbocycles. The fourth-order valence-electron chi connectivity index (χ4n) is 3.73. The van der Waals surface area contributed by atoms with Gasteiger partial charge < -0.3 is 14.4 Å². The molecule has 0 unspecified atom stereocenters. The van der Waals surface area contributed by atoms with Crippen LogP contribution in [-0.4, -0.2) is 67.1 Å². The van der Waals surface area contributed by atoms with Crippen molar-refractivity contribution in [2.75, 3.05) is 26.7 Å². The van der Waals surface area contributed by atoms with Gasteiger partial charge in [0.1, 0.15) is 5.01 Å². The molecule has 1 aromatic heterocycles. The largest absolute Gasteiger partial charge is 0.465 e. The van der Waals surface area contributed by atoms with Crippen molar-refractivity contribution in [3.63, 3.8) is 0 Å². The Hall–Kier alpha value is -1.74. The Kier molecular flexibility index (Phi) is 7.25. The second kappa shape index (κ2) is 9.40. The Labute approximate surface area is 191 Å². The lowest BCUT2D eigenvalue weighted by Gasteiger charge is -2.38. The molecule has 2 aromatic rings. The number of carboxylic acid groups (broad SMARTS) is 1. The van der Waals surface area contributed by atoms with E-state index in [0.717, 1.165) is 35.6 Å². The van der Waals surface area contributed by atoms with Crippen LogP contribution in [-0.2, 0) is 4.43 Å². The first-order valence-electron chi connectivity index (χ1n) is 10.8. The second-order valence-corrected chi connectivity index (χ2v) is 15.6. The zero-order valence-electron chi connectivity index (χ0n) is 19.5. The number of likely N-dealkylation sites (N-methyl/N-ethyl adjacent to an activating group) is 1. The molecule has 6 nitrogen and oxygen atoms in total. The predicted molar refractivity (Wildman–Crippen MR) is 129 cm³/mol. The molecule has 31 heavy (non-hydrogen) atoms. The highest BCUT2D eigenvalue weighted by atomic mass is 32.1. The summed E-state index contributed by atoms with van der Waals surface area (Å²) in [5, 5.41) is 12.8. The summed E-state index contributed by atoms with van der Waals surface area (Å²) in [5.74, 6) is 0. The van der Waals surface area contributed by atoms with Crippen LogP contribution in [0.15, 0.2) is 35.8 Å². The van der Waals surface area contributed by atoms with Gasteiger partial charge in [0.2, 0.25) is 0 Å². The Bertz CT molecular complexity index is 882. The van der Waals surface area contributed by atoms with Crippen LogP contribution < -0.4 is 0 Å². The van der Waals surface area contributed by atoms with E-state index in [0.29, 0.717) is 6.54 Å². The first-order chi connectivity index (χ1) is 14.5. The third kappa shape index (κ3) is 5.74. The average Bonchev–Trinajstić information content (AvgIpc) is 3.36. The summed E-state index contributed by atoms with van der Waals surface area (Å²) in [6, 6.07) is 7.86. The highest BCUT2D eigenvalue weighted by Crippen LogP contribution is 2.38. The number of aromatic nitrogens is 1. The van der Waals surface area contributed by atoms with Gasteiger partial charge in [-0.3, -0.25) is 4.90 Å². The van der Waals surface area contributed by atoms with Gasteiger partial charge in [-0.25, -0.2) is 9.78 Å². The first kappa shape index (κ1) is 23.9.